The molecule has 6 nitrogen and oxygen atoms in total. The van der Waals surface area contributed by atoms with E-state index in [-0.39, 0.29) is 23.9 Å². The van der Waals surface area contributed by atoms with Gasteiger partial charge in [0.2, 0.25) is 0 Å². The molecule has 128 valence electrons. The molecule has 0 bridgehead atoms. The van der Waals surface area contributed by atoms with Crippen LogP contribution in [0.15, 0.2) is 24.5 Å². The topological polar surface area (TPSA) is 63.1 Å². The molecule has 2 fully saturated rings. The maximum Gasteiger partial charge on any atom is 0.259 e. The monoisotopic (exact) mass is 351 g/mol. The van der Waals surface area contributed by atoms with E-state index in [0.717, 1.165) is 13.0 Å². The predicted octanol–water partition coefficient (Wildman–Crippen LogP) is 1.57. The number of rotatable bonds is 2. The molecule has 1 amide bonds. The van der Waals surface area contributed by atoms with Crippen molar-refractivity contribution in [1.82, 2.24) is 25.2 Å². The molecular weight excluding hydrogens is 333 g/mol. The van der Waals surface area contributed by atoms with Crippen LogP contribution >= 0.6 is 12.4 Å². The van der Waals surface area contributed by atoms with E-state index < -0.39 is 5.82 Å². The molecule has 2 aliphatic heterocycles. The molecule has 8 heteroatoms. The minimum atomic E-state index is -0.492. The zero-order valence-electron chi connectivity index (χ0n) is 13.3. The Kier molecular flexibility index (Phi) is 4.56. The van der Waals surface area contributed by atoms with Gasteiger partial charge < -0.3 is 10.2 Å². The summed E-state index contributed by atoms with van der Waals surface area (Å²) in [6.07, 6.45) is 3.98. The van der Waals surface area contributed by atoms with E-state index in [1.165, 1.54) is 17.2 Å². The number of piperidine rings is 1. The van der Waals surface area contributed by atoms with Crippen LogP contribution in [0.4, 0.5) is 4.39 Å². The number of hydrogen-bond donors (Lipinski definition) is 1. The largest absolute Gasteiger partial charge is 0.337 e. The van der Waals surface area contributed by atoms with Crippen LogP contribution in [0.5, 0.6) is 0 Å². The van der Waals surface area contributed by atoms with Crippen LogP contribution in [-0.4, -0.2) is 51.5 Å². The smallest absolute Gasteiger partial charge is 0.259 e. The fourth-order valence-corrected chi connectivity index (χ4v) is 3.34. The minimum absolute atomic E-state index is 0. The third-order valence-electron chi connectivity index (χ3n) is 4.85. The van der Waals surface area contributed by atoms with Crippen LogP contribution in [0, 0.1) is 18.7 Å². The molecule has 4 rings (SSSR count). The molecule has 1 aromatic carbocycles. The highest BCUT2D eigenvalue weighted by Gasteiger charge is 2.38. The maximum atomic E-state index is 14.7. The molecule has 2 saturated heterocycles. The number of fused-ring (bicyclic) bond motifs is 1. The highest BCUT2D eigenvalue weighted by Crippen LogP contribution is 2.27. The summed E-state index contributed by atoms with van der Waals surface area (Å²) in [5.41, 5.74) is 0.881. The first-order valence-electron chi connectivity index (χ1n) is 7.83. The van der Waals surface area contributed by atoms with E-state index in [1.54, 1.807) is 24.0 Å². The molecule has 0 spiro atoms. The van der Waals surface area contributed by atoms with Crippen molar-refractivity contribution in [1.29, 1.82) is 0 Å². The average molecular weight is 352 g/mol. The molecule has 1 N–H and O–H groups in total. The Morgan fingerprint density at radius 1 is 1.33 bits per heavy atom. The number of aryl methyl sites for hydroxylation is 1. The lowest BCUT2D eigenvalue weighted by Gasteiger charge is -2.46. The molecule has 1 aromatic heterocycles. The van der Waals surface area contributed by atoms with Crippen molar-refractivity contribution in [2.24, 2.45) is 5.92 Å². The standard InChI is InChI=1S/C16H18FN5O.ClH/c1-10-2-3-13(22-19-5-6-20-22)14(15(10)17)16(23)21-7-4-11-8-18-12(11)9-21;/h2-3,5-6,11-12,18H,4,7-9H2,1H3;1H. The van der Waals surface area contributed by atoms with Crippen LogP contribution in [-0.2, 0) is 0 Å². The minimum Gasteiger partial charge on any atom is -0.337 e. The second-order valence-corrected chi connectivity index (χ2v) is 6.22. The van der Waals surface area contributed by atoms with Crippen molar-refractivity contribution < 1.29 is 9.18 Å². The summed E-state index contributed by atoms with van der Waals surface area (Å²) in [4.78, 5) is 16.0. The van der Waals surface area contributed by atoms with E-state index in [9.17, 15) is 9.18 Å². The van der Waals surface area contributed by atoms with Crippen molar-refractivity contribution in [2.75, 3.05) is 19.6 Å². The van der Waals surface area contributed by atoms with E-state index in [0.29, 0.717) is 36.3 Å². The second-order valence-electron chi connectivity index (χ2n) is 6.22. The highest BCUT2D eigenvalue weighted by molar-refractivity contribution is 5.98. The number of halogens is 2. The van der Waals surface area contributed by atoms with Crippen molar-refractivity contribution in [3.05, 3.63) is 41.5 Å². The number of carbonyl (C=O) groups is 1. The van der Waals surface area contributed by atoms with Gasteiger partial charge in [-0.15, -0.1) is 12.4 Å². The van der Waals surface area contributed by atoms with Gasteiger partial charge in [0.1, 0.15) is 17.1 Å². The average Bonchev–Trinajstić information content (AvgIpc) is 3.04. The van der Waals surface area contributed by atoms with Crippen LogP contribution in [0.3, 0.4) is 0 Å². The maximum absolute atomic E-state index is 14.7. The number of hydrogen-bond acceptors (Lipinski definition) is 4. The first kappa shape index (κ1) is 16.9. The van der Waals surface area contributed by atoms with Crippen LogP contribution < -0.4 is 5.32 Å². The Morgan fingerprint density at radius 2 is 2.08 bits per heavy atom. The SMILES string of the molecule is Cc1ccc(-n2nccn2)c(C(=O)N2CCC3CNC3C2)c1F.Cl. The third kappa shape index (κ3) is 2.67. The Balaban J connectivity index is 0.00000169. The van der Waals surface area contributed by atoms with Crippen molar-refractivity contribution in [2.45, 2.75) is 19.4 Å². The Labute approximate surface area is 145 Å². The zero-order chi connectivity index (χ0) is 16.0. The molecule has 0 radical (unpaired) electrons. The molecule has 0 aliphatic carbocycles. The van der Waals surface area contributed by atoms with Gasteiger partial charge >= 0.3 is 0 Å². The van der Waals surface area contributed by atoms with Gasteiger partial charge in [0.05, 0.1) is 12.4 Å². The van der Waals surface area contributed by atoms with Crippen molar-refractivity contribution >= 4 is 18.3 Å². The van der Waals surface area contributed by atoms with Gasteiger partial charge in [0.25, 0.3) is 5.91 Å². The third-order valence-corrected chi connectivity index (χ3v) is 4.85. The Morgan fingerprint density at radius 3 is 2.71 bits per heavy atom. The molecule has 3 heterocycles. The summed E-state index contributed by atoms with van der Waals surface area (Å²) in [7, 11) is 0. The summed E-state index contributed by atoms with van der Waals surface area (Å²) in [6, 6.07) is 3.68. The van der Waals surface area contributed by atoms with Gasteiger partial charge in [-0.25, -0.2) is 4.39 Å². The van der Waals surface area contributed by atoms with E-state index in [1.807, 2.05) is 0 Å². The van der Waals surface area contributed by atoms with E-state index >= 15 is 0 Å². The first-order valence-corrected chi connectivity index (χ1v) is 7.83. The molecule has 0 saturated carbocycles. The van der Waals surface area contributed by atoms with Crippen molar-refractivity contribution in [3.8, 4) is 5.69 Å². The first-order chi connectivity index (χ1) is 11.1. The summed E-state index contributed by atoms with van der Waals surface area (Å²) in [5.74, 6) is -0.132. The van der Waals surface area contributed by atoms with Gasteiger partial charge in [0, 0.05) is 19.1 Å². The summed E-state index contributed by atoms with van der Waals surface area (Å²) >= 11 is 0. The molecule has 24 heavy (non-hydrogen) atoms. The van der Waals surface area contributed by atoms with E-state index in [2.05, 4.69) is 15.5 Å². The summed E-state index contributed by atoms with van der Waals surface area (Å²) in [6.45, 7) is 3.98. The lowest BCUT2D eigenvalue weighted by molar-refractivity contribution is 0.0514. The second kappa shape index (κ2) is 6.49. The molecule has 2 unspecified atom stereocenters. The van der Waals surface area contributed by atoms with Gasteiger partial charge in [-0.05, 0) is 37.4 Å². The Hall–Kier alpha value is -1.99. The van der Waals surface area contributed by atoms with Crippen molar-refractivity contribution in [3.63, 3.8) is 0 Å². The number of carbonyl (C=O) groups excluding carboxylic acids is 1. The molecule has 2 atom stereocenters. The van der Waals surface area contributed by atoms with E-state index in [4.69, 9.17) is 0 Å². The van der Waals surface area contributed by atoms with Gasteiger partial charge in [0.15, 0.2) is 0 Å². The summed E-state index contributed by atoms with van der Waals surface area (Å²) < 4.78 is 14.7. The molecular formula is C16H19ClFN5O. The van der Waals surface area contributed by atoms with Crippen LogP contribution in [0.2, 0.25) is 0 Å². The quantitative estimate of drug-likeness (QED) is 0.892. The fraction of sp³-hybridized carbons (Fsp3) is 0.438. The lowest BCUT2D eigenvalue weighted by Crippen LogP contribution is -2.62. The zero-order valence-corrected chi connectivity index (χ0v) is 14.1. The summed E-state index contributed by atoms with van der Waals surface area (Å²) in [5, 5.41) is 11.4. The molecule has 2 aliphatic rings. The number of likely N-dealkylation sites (tertiary alicyclic amines) is 1. The fourth-order valence-electron chi connectivity index (χ4n) is 3.34. The van der Waals surface area contributed by atoms with Crippen LogP contribution in [0.1, 0.15) is 22.3 Å². The van der Waals surface area contributed by atoms with Crippen LogP contribution in [0.25, 0.3) is 5.69 Å². The number of aromatic nitrogens is 3. The number of amides is 1. The predicted molar refractivity (Wildman–Crippen MR) is 89.1 cm³/mol. The number of nitrogens with one attached hydrogen (secondary N) is 1. The van der Waals surface area contributed by atoms with Gasteiger partial charge in [-0.3, -0.25) is 4.79 Å². The lowest BCUT2D eigenvalue weighted by atomic mass is 9.84. The molecule has 2 aromatic rings. The highest BCUT2D eigenvalue weighted by atomic mass is 35.5. The van der Waals surface area contributed by atoms with Gasteiger partial charge in [-0.2, -0.15) is 15.0 Å². The number of nitrogens with zero attached hydrogens (tertiary/aromatic N) is 4. The van der Waals surface area contributed by atoms with Gasteiger partial charge in [-0.1, -0.05) is 6.07 Å². The number of benzene rings is 1. The normalized spacial score (nSPS) is 22.3. The Bertz CT molecular complexity index is 751.